The number of amides is 2. The van der Waals surface area contributed by atoms with Gasteiger partial charge in [0.1, 0.15) is 18.7 Å². The Balaban J connectivity index is 1.41. The fourth-order valence-electron chi connectivity index (χ4n) is 4.77. The van der Waals surface area contributed by atoms with Crippen LogP contribution in [0.2, 0.25) is 5.02 Å². The molecule has 0 spiro atoms. The molecular weight excluding hydrogens is 460 g/mol. The Morgan fingerprint density at radius 2 is 1.97 bits per heavy atom. The fraction of sp³-hybridized carbons (Fsp3) is 0.522. The Kier molecular flexibility index (Phi) is 7.79. The number of hydrogen-bond acceptors (Lipinski definition) is 6. The zero-order valence-electron chi connectivity index (χ0n) is 18.8. The molecule has 182 valence electrons. The number of aliphatic carboxylic acids is 1. The third kappa shape index (κ3) is 5.56. The van der Waals surface area contributed by atoms with Crippen LogP contribution in [0.25, 0.3) is 5.69 Å². The van der Waals surface area contributed by atoms with E-state index in [4.69, 9.17) is 16.7 Å². The predicted molar refractivity (Wildman–Crippen MR) is 124 cm³/mol. The Morgan fingerprint density at radius 1 is 1.18 bits per heavy atom. The summed E-state index contributed by atoms with van der Waals surface area (Å²) >= 11 is 6.16. The molecule has 3 N–H and O–H groups in total. The topological polar surface area (TPSA) is 129 Å². The lowest BCUT2D eigenvalue weighted by Gasteiger charge is -2.43. The number of halogens is 1. The molecule has 2 aliphatic rings. The van der Waals surface area contributed by atoms with Crippen LogP contribution in [0.15, 0.2) is 30.9 Å². The van der Waals surface area contributed by atoms with Crippen molar-refractivity contribution in [1.29, 1.82) is 0 Å². The third-order valence-corrected chi connectivity index (χ3v) is 6.86. The molecule has 10 nitrogen and oxygen atoms in total. The van der Waals surface area contributed by atoms with Gasteiger partial charge in [-0.1, -0.05) is 30.9 Å². The van der Waals surface area contributed by atoms with Crippen LogP contribution < -0.4 is 10.6 Å². The van der Waals surface area contributed by atoms with Gasteiger partial charge in [-0.15, -0.1) is 0 Å². The second-order valence-corrected chi connectivity index (χ2v) is 9.25. The van der Waals surface area contributed by atoms with Crippen molar-refractivity contribution >= 4 is 29.4 Å². The molecule has 1 unspecified atom stereocenters. The molecule has 2 atom stereocenters. The normalized spacial score (nSPS) is 19.3. The zero-order valence-corrected chi connectivity index (χ0v) is 19.6. The van der Waals surface area contributed by atoms with Gasteiger partial charge >= 0.3 is 5.97 Å². The number of carbonyl (C=O) groups is 3. The maximum absolute atomic E-state index is 13.3. The quantitative estimate of drug-likeness (QED) is 0.490. The van der Waals surface area contributed by atoms with Crippen molar-refractivity contribution in [2.45, 2.75) is 57.2 Å². The van der Waals surface area contributed by atoms with Gasteiger partial charge in [-0.05, 0) is 48.9 Å². The molecular formula is C23H29ClN6O4. The molecule has 2 amide bonds. The molecule has 1 aromatic heterocycles. The number of likely N-dealkylation sites (tertiary alicyclic amines) is 1. The number of hydrogen-bond donors (Lipinski definition) is 3. The fourth-order valence-corrected chi connectivity index (χ4v) is 4.97. The van der Waals surface area contributed by atoms with Gasteiger partial charge in [-0.25, -0.2) is 9.67 Å². The van der Waals surface area contributed by atoms with Crippen LogP contribution in [-0.2, 0) is 20.9 Å². The first-order chi connectivity index (χ1) is 16.4. The first kappa shape index (κ1) is 24.2. The van der Waals surface area contributed by atoms with Gasteiger partial charge in [0.2, 0.25) is 11.8 Å². The number of carboxylic acids is 1. The monoisotopic (exact) mass is 488 g/mol. The summed E-state index contributed by atoms with van der Waals surface area (Å²) in [6.45, 7) is 0.421. The van der Waals surface area contributed by atoms with Gasteiger partial charge in [-0.3, -0.25) is 19.7 Å². The molecule has 2 heterocycles. The maximum atomic E-state index is 13.3. The average molecular weight is 489 g/mol. The van der Waals surface area contributed by atoms with E-state index in [1.165, 1.54) is 6.33 Å². The Bertz CT molecular complexity index is 1020. The molecule has 1 saturated carbocycles. The van der Waals surface area contributed by atoms with Crippen LogP contribution in [0.3, 0.4) is 0 Å². The number of nitrogens with one attached hydrogen (secondary N) is 2. The number of aromatic nitrogens is 3. The molecule has 34 heavy (non-hydrogen) atoms. The minimum Gasteiger partial charge on any atom is -0.480 e. The molecule has 1 aliphatic heterocycles. The van der Waals surface area contributed by atoms with E-state index in [-0.39, 0.29) is 30.8 Å². The summed E-state index contributed by atoms with van der Waals surface area (Å²) < 4.78 is 1.60. The van der Waals surface area contributed by atoms with E-state index in [1.54, 1.807) is 34.1 Å². The van der Waals surface area contributed by atoms with Crippen LogP contribution >= 0.6 is 11.6 Å². The number of rotatable bonds is 9. The Morgan fingerprint density at radius 3 is 2.62 bits per heavy atom. The summed E-state index contributed by atoms with van der Waals surface area (Å²) in [4.78, 5) is 43.0. The van der Waals surface area contributed by atoms with Crippen molar-refractivity contribution in [3.05, 3.63) is 41.4 Å². The maximum Gasteiger partial charge on any atom is 0.317 e. The minimum absolute atomic E-state index is 0.0848. The lowest BCUT2D eigenvalue weighted by Crippen LogP contribution is -2.63. The van der Waals surface area contributed by atoms with Gasteiger partial charge in [0.15, 0.2) is 0 Å². The Labute approximate surface area is 202 Å². The minimum atomic E-state index is -1.00. The highest BCUT2D eigenvalue weighted by Gasteiger charge is 2.42. The third-order valence-electron chi connectivity index (χ3n) is 6.63. The average Bonchev–Trinajstić information content (AvgIpc) is 3.32. The molecule has 0 radical (unpaired) electrons. The lowest BCUT2D eigenvalue weighted by atomic mass is 9.82. The van der Waals surface area contributed by atoms with E-state index in [0.29, 0.717) is 18.0 Å². The SMILES string of the molecule is O=C(O)CNC(C(=O)N1CC[C@H]1C(=O)NCc1cc(Cl)ccc1-n1cncn1)C1CCCCC1. The predicted octanol–water partition coefficient (Wildman–Crippen LogP) is 1.76. The summed E-state index contributed by atoms with van der Waals surface area (Å²) in [7, 11) is 0. The summed E-state index contributed by atoms with van der Waals surface area (Å²) in [5.41, 5.74) is 1.52. The number of benzene rings is 1. The van der Waals surface area contributed by atoms with E-state index < -0.39 is 18.1 Å². The van der Waals surface area contributed by atoms with Crippen molar-refractivity contribution in [2.75, 3.05) is 13.1 Å². The standard InChI is InChI=1S/C23H29ClN6O4/c24-17-6-7-18(30-14-25-13-28-30)16(10-17)11-27-22(33)19-8-9-29(19)23(34)21(26-12-20(31)32)15-4-2-1-3-5-15/h6-7,10,13-15,19,21,26H,1-5,8-9,11-12H2,(H,27,33)(H,31,32)/t19-,21?/m0/s1. The highest BCUT2D eigenvalue weighted by atomic mass is 35.5. The van der Waals surface area contributed by atoms with Gasteiger partial charge in [0.05, 0.1) is 18.3 Å². The molecule has 0 bridgehead atoms. The van der Waals surface area contributed by atoms with Crippen molar-refractivity contribution in [2.24, 2.45) is 5.92 Å². The number of nitrogens with zero attached hydrogens (tertiary/aromatic N) is 4. The molecule has 2 fully saturated rings. The Hall–Kier alpha value is -2.98. The van der Waals surface area contributed by atoms with Crippen molar-refractivity contribution in [3.8, 4) is 5.69 Å². The van der Waals surface area contributed by atoms with E-state index in [2.05, 4.69) is 20.7 Å². The first-order valence-corrected chi connectivity index (χ1v) is 12.0. The van der Waals surface area contributed by atoms with Crippen LogP contribution in [0.1, 0.15) is 44.1 Å². The molecule has 4 rings (SSSR count). The number of carboxylic acid groups (broad SMARTS) is 1. The van der Waals surface area contributed by atoms with Gasteiger partial charge in [-0.2, -0.15) is 5.10 Å². The highest BCUT2D eigenvalue weighted by Crippen LogP contribution is 2.29. The van der Waals surface area contributed by atoms with Crippen molar-refractivity contribution in [1.82, 2.24) is 30.3 Å². The highest BCUT2D eigenvalue weighted by molar-refractivity contribution is 6.30. The first-order valence-electron chi connectivity index (χ1n) is 11.6. The van der Waals surface area contributed by atoms with Crippen LogP contribution in [-0.4, -0.2) is 67.7 Å². The summed E-state index contributed by atoms with van der Waals surface area (Å²) in [6.07, 6.45) is 8.51. The van der Waals surface area contributed by atoms with Crippen molar-refractivity contribution in [3.63, 3.8) is 0 Å². The molecule has 1 saturated heterocycles. The second-order valence-electron chi connectivity index (χ2n) is 8.82. The van der Waals surface area contributed by atoms with E-state index in [9.17, 15) is 14.4 Å². The van der Waals surface area contributed by atoms with Gasteiger partial charge < -0.3 is 15.3 Å². The lowest BCUT2D eigenvalue weighted by molar-refractivity contribution is -0.150. The van der Waals surface area contributed by atoms with Crippen LogP contribution in [0.4, 0.5) is 0 Å². The van der Waals surface area contributed by atoms with E-state index >= 15 is 0 Å². The van der Waals surface area contributed by atoms with Gasteiger partial charge in [0, 0.05) is 18.1 Å². The van der Waals surface area contributed by atoms with E-state index in [1.807, 2.05) is 0 Å². The molecule has 1 aliphatic carbocycles. The smallest absolute Gasteiger partial charge is 0.317 e. The summed E-state index contributed by atoms with van der Waals surface area (Å²) in [5.74, 6) is -1.35. The molecule has 11 heteroatoms. The summed E-state index contributed by atoms with van der Waals surface area (Å²) in [6, 6.07) is 4.15. The van der Waals surface area contributed by atoms with Crippen molar-refractivity contribution < 1.29 is 19.5 Å². The molecule has 1 aromatic carbocycles. The second kappa shape index (κ2) is 11.0. The number of carbonyl (C=O) groups excluding carboxylic acids is 2. The van der Waals surface area contributed by atoms with Gasteiger partial charge in [0.25, 0.3) is 0 Å². The molecule has 2 aromatic rings. The summed E-state index contributed by atoms with van der Waals surface area (Å²) in [5, 5.41) is 19.6. The van der Waals surface area contributed by atoms with Crippen LogP contribution in [0.5, 0.6) is 0 Å². The zero-order chi connectivity index (χ0) is 24.1. The van der Waals surface area contributed by atoms with Crippen LogP contribution in [0, 0.1) is 5.92 Å². The van der Waals surface area contributed by atoms with E-state index in [0.717, 1.165) is 43.4 Å². The largest absolute Gasteiger partial charge is 0.480 e.